The van der Waals surface area contributed by atoms with Crippen LogP contribution in [0.1, 0.15) is 5.01 Å². The maximum atomic E-state index is 12.1. The number of aromatic nitrogens is 1. The van der Waals surface area contributed by atoms with Crippen LogP contribution in [-0.4, -0.2) is 35.4 Å². The van der Waals surface area contributed by atoms with Crippen molar-refractivity contribution < 1.29 is 14.3 Å². The SMILES string of the molecule is COc1ccccc1NC(=O)CSCC(=O)Nc1ccc2nc(C)sc2c1. The summed E-state index contributed by atoms with van der Waals surface area (Å²) >= 11 is 2.84. The summed E-state index contributed by atoms with van der Waals surface area (Å²) in [6, 6.07) is 12.8. The van der Waals surface area contributed by atoms with Crippen molar-refractivity contribution in [2.24, 2.45) is 0 Å². The van der Waals surface area contributed by atoms with Crippen molar-refractivity contribution in [3.63, 3.8) is 0 Å². The number of anilines is 2. The first-order valence-corrected chi connectivity index (χ1v) is 10.2. The Morgan fingerprint density at radius 2 is 1.85 bits per heavy atom. The molecule has 0 aliphatic heterocycles. The second-order valence-electron chi connectivity index (χ2n) is 5.70. The number of hydrogen-bond acceptors (Lipinski definition) is 6. The highest BCUT2D eigenvalue weighted by molar-refractivity contribution is 8.00. The molecule has 1 aromatic heterocycles. The topological polar surface area (TPSA) is 80.3 Å². The average molecular weight is 402 g/mol. The maximum Gasteiger partial charge on any atom is 0.234 e. The third-order valence-corrected chi connectivity index (χ3v) is 5.49. The molecular formula is C19H19N3O3S2. The number of benzene rings is 2. The van der Waals surface area contributed by atoms with Gasteiger partial charge in [-0.25, -0.2) is 4.98 Å². The number of carbonyl (C=O) groups excluding carboxylic acids is 2. The molecule has 1 heterocycles. The number of carbonyl (C=O) groups is 2. The number of para-hydroxylation sites is 2. The van der Waals surface area contributed by atoms with Crippen LogP contribution in [0.15, 0.2) is 42.5 Å². The van der Waals surface area contributed by atoms with E-state index in [0.717, 1.165) is 20.9 Å². The molecule has 0 aliphatic carbocycles. The number of rotatable bonds is 7. The lowest BCUT2D eigenvalue weighted by molar-refractivity contribution is -0.114. The summed E-state index contributed by atoms with van der Waals surface area (Å²) in [5.74, 6) is 0.643. The van der Waals surface area contributed by atoms with Gasteiger partial charge in [0.2, 0.25) is 11.8 Å². The largest absolute Gasteiger partial charge is 0.495 e. The van der Waals surface area contributed by atoms with Gasteiger partial charge in [-0.15, -0.1) is 23.1 Å². The molecule has 3 rings (SSSR count). The van der Waals surface area contributed by atoms with E-state index in [1.54, 1.807) is 30.6 Å². The number of fused-ring (bicyclic) bond motifs is 1. The lowest BCUT2D eigenvalue weighted by Crippen LogP contribution is -2.18. The van der Waals surface area contributed by atoms with E-state index in [0.29, 0.717) is 11.4 Å². The van der Waals surface area contributed by atoms with E-state index in [4.69, 9.17) is 4.74 Å². The Morgan fingerprint density at radius 1 is 1.11 bits per heavy atom. The Kier molecular flexibility index (Phi) is 6.31. The summed E-state index contributed by atoms with van der Waals surface area (Å²) in [6.07, 6.45) is 0. The fourth-order valence-corrected chi connectivity index (χ4v) is 3.97. The molecule has 0 fully saturated rings. The van der Waals surface area contributed by atoms with Gasteiger partial charge < -0.3 is 15.4 Å². The zero-order valence-electron chi connectivity index (χ0n) is 14.9. The van der Waals surface area contributed by atoms with Crippen molar-refractivity contribution in [3.8, 4) is 5.75 Å². The molecule has 0 saturated heterocycles. The number of aryl methyl sites for hydroxylation is 1. The minimum absolute atomic E-state index is 0.148. The van der Waals surface area contributed by atoms with E-state index in [1.807, 2.05) is 37.3 Å². The number of hydrogen-bond donors (Lipinski definition) is 2. The molecule has 8 heteroatoms. The molecule has 2 amide bonds. The van der Waals surface area contributed by atoms with Gasteiger partial charge in [0.1, 0.15) is 5.75 Å². The normalized spacial score (nSPS) is 10.6. The molecule has 0 unspecified atom stereocenters. The van der Waals surface area contributed by atoms with Crippen LogP contribution in [0.2, 0.25) is 0 Å². The minimum atomic E-state index is -0.182. The maximum absolute atomic E-state index is 12.1. The van der Waals surface area contributed by atoms with Crippen LogP contribution in [0.3, 0.4) is 0 Å². The molecule has 140 valence electrons. The number of ether oxygens (including phenoxy) is 1. The van der Waals surface area contributed by atoms with Gasteiger partial charge in [-0.1, -0.05) is 12.1 Å². The van der Waals surface area contributed by atoms with Crippen LogP contribution in [0.25, 0.3) is 10.2 Å². The number of nitrogens with zero attached hydrogens (tertiary/aromatic N) is 1. The molecule has 27 heavy (non-hydrogen) atoms. The molecule has 0 atom stereocenters. The molecule has 2 N–H and O–H groups in total. The highest BCUT2D eigenvalue weighted by Gasteiger charge is 2.09. The zero-order chi connectivity index (χ0) is 19.2. The smallest absolute Gasteiger partial charge is 0.234 e. The molecule has 2 aromatic carbocycles. The Labute approximate surface area is 165 Å². The standard InChI is InChI=1S/C19H19N3O3S2/c1-12-20-15-8-7-13(9-17(15)27-12)21-18(23)10-26-11-19(24)22-14-5-3-4-6-16(14)25-2/h3-9H,10-11H2,1-2H3,(H,21,23)(H,22,24). The Balaban J connectivity index is 1.46. The summed E-state index contributed by atoms with van der Waals surface area (Å²) < 4.78 is 6.23. The predicted molar refractivity (Wildman–Crippen MR) is 112 cm³/mol. The van der Waals surface area contributed by atoms with E-state index < -0.39 is 0 Å². The fourth-order valence-electron chi connectivity index (χ4n) is 2.49. The van der Waals surface area contributed by atoms with E-state index in [9.17, 15) is 9.59 Å². The highest BCUT2D eigenvalue weighted by atomic mass is 32.2. The third kappa shape index (κ3) is 5.21. The molecule has 6 nitrogen and oxygen atoms in total. The average Bonchev–Trinajstić information content (AvgIpc) is 3.01. The number of amides is 2. The molecule has 0 spiro atoms. The van der Waals surface area contributed by atoms with Crippen molar-refractivity contribution in [2.45, 2.75) is 6.92 Å². The van der Waals surface area contributed by atoms with E-state index in [2.05, 4.69) is 15.6 Å². The third-order valence-electron chi connectivity index (χ3n) is 3.63. The predicted octanol–water partition coefficient (Wildman–Crippen LogP) is 3.92. The summed E-state index contributed by atoms with van der Waals surface area (Å²) in [4.78, 5) is 28.5. The van der Waals surface area contributed by atoms with Crippen LogP contribution in [-0.2, 0) is 9.59 Å². The van der Waals surface area contributed by atoms with E-state index >= 15 is 0 Å². The summed E-state index contributed by atoms with van der Waals surface area (Å²) in [5, 5.41) is 6.63. The van der Waals surface area contributed by atoms with Crippen molar-refractivity contribution in [1.29, 1.82) is 0 Å². The number of thioether (sulfide) groups is 1. The van der Waals surface area contributed by atoms with Crippen LogP contribution in [0.5, 0.6) is 5.75 Å². The van der Waals surface area contributed by atoms with E-state index in [1.165, 1.54) is 11.8 Å². The Morgan fingerprint density at radius 3 is 2.63 bits per heavy atom. The van der Waals surface area contributed by atoms with Gasteiger partial charge in [0.05, 0.1) is 39.5 Å². The minimum Gasteiger partial charge on any atom is -0.495 e. The van der Waals surface area contributed by atoms with Crippen molar-refractivity contribution in [1.82, 2.24) is 4.98 Å². The molecule has 3 aromatic rings. The van der Waals surface area contributed by atoms with Crippen molar-refractivity contribution >= 4 is 56.5 Å². The monoisotopic (exact) mass is 401 g/mol. The van der Waals surface area contributed by atoms with Crippen LogP contribution < -0.4 is 15.4 Å². The quantitative estimate of drug-likeness (QED) is 0.627. The zero-order valence-corrected chi connectivity index (χ0v) is 16.6. The van der Waals surface area contributed by atoms with Gasteiger partial charge in [-0.2, -0.15) is 0 Å². The number of nitrogens with one attached hydrogen (secondary N) is 2. The Hall–Kier alpha value is -2.58. The van der Waals surface area contributed by atoms with Crippen LogP contribution >= 0.6 is 23.1 Å². The van der Waals surface area contributed by atoms with Crippen LogP contribution in [0, 0.1) is 6.92 Å². The van der Waals surface area contributed by atoms with E-state index in [-0.39, 0.29) is 23.3 Å². The molecule has 0 saturated carbocycles. The lowest BCUT2D eigenvalue weighted by Gasteiger charge is -2.09. The van der Waals surface area contributed by atoms with Gasteiger partial charge in [0, 0.05) is 5.69 Å². The van der Waals surface area contributed by atoms with Gasteiger partial charge in [-0.3, -0.25) is 9.59 Å². The Bertz CT molecular complexity index is 972. The lowest BCUT2D eigenvalue weighted by atomic mass is 10.3. The summed E-state index contributed by atoms with van der Waals surface area (Å²) in [7, 11) is 1.55. The first-order valence-electron chi connectivity index (χ1n) is 8.23. The molecular weight excluding hydrogens is 382 g/mol. The second kappa shape index (κ2) is 8.88. The van der Waals surface area contributed by atoms with Gasteiger partial charge in [0.15, 0.2) is 0 Å². The van der Waals surface area contributed by atoms with Crippen molar-refractivity contribution in [2.75, 3.05) is 29.2 Å². The first-order chi connectivity index (χ1) is 13.0. The molecule has 0 bridgehead atoms. The molecule has 0 radical (unpaired) electrons. The van der Waals surface area contributed by atoms with Gasteiger partial charge >= 0.3 is 0 Å². The summed E-state index contributed by atoms with van der Waals surface area (Å²) in [6.45, 7) is 1.95. The number of thiazole rings is 1. The van der Waals surface area contributed by atoms with Gasteiger partial charge in [-0.05, 0) is 37.3 Å². The number of methoxy groups -OCH3 is 1. The summed E-state index contributed by atoms with van der Waals surface area (Å²) in [5.41, 5.74) is 2.27. The highest BCUT2D eigenvalue weighted by Crippen LogP contribution is 2.25. The van der Waals surface area contributed by atoms with Crippen molar-refractivity contribution in [3.05, 3.63) is 47.5 Å². The van der Waals surface area contributed by atoms with Gasteiger partial charge in [0.25, 0.3) is 0 Å². The first kappa shape index (κ1) is 19.2. The van der Waals surface area contributed by atoms with Crippen LogP contribution in [0.4, 0.5) is 11.4 Å². The molecule has 0 aliphatic rings. The fraction of sp³-hybridized carbons (Fsp3) is 0.211. The second-order valence-corrected chi connectivity index (χ2v) is 7.93.